The van der Waals surface area contributed by atoms with Crippen LogP contribution in [0.25, 0.3) is 0 Å². The van der Waals surface area contributed by atoms with E-state index in [2.05, 4.69) is 22.0 Å². The van der Waals surface area contributed by atoms with E-state index in [1.165, 1.54) is 18.0 Å². The molecule has 194 valence electrons. The summed E-state index contributed by atoms with van der Waals surface area (Å²) in [5, 5.41) is 19.4. The van der Waals surface area contributed by atoms with Crippen molar-refractivity contribution in [2.45, 2.75) is 46.1 Å². The van der Waals surface area contributed by atoms with E-state index in [-0.39, 0.29) is 29.4 Å². The number of hydrogen-bond donors (Lipinski definition) is 3. The number of dihydropyridines is 1. The van der Waals surface area contributed by atoms with Crippen LogP contribution in [-0.4, -0.2) is 35.7 Å². The van der Waals surface area contributed by atoms with Gasteiger partial charge in [-0.3, -0.25) is 9.59 Å². The van der Waals surface area contributed by atoms with Crippen LogP contribution in [0, 0.1) is 11.3 Å². The van der Waals surface area contributed by atoms with Crippen LogP contribution >= 0.6 is 11.8 Å². The Balaban J connectivity index is 1.87. The van der Waals surface area contributed by atoms with Crippen molar-refractivity contribution in [3.8, 4) is 6.07 Å². The molecule has 0 aliphatic carbocycles. The van der Waals surface area contributed by atoms with Crippen LogP contribution in [0.15, 0.2) is 69.0 Å². The molecule has 1 aromatic carbocycles. The van der Waals surface area contributed by atoms with Gasteiger partial charge in [-0.15, -0.1) is 0 Å². The number of nitrogens with zero attached hydrogens (tertiary/aromatic N) is 1. The van der Waals surface area contributed by atoms with Gasteiger partial charge in [0.2, 0.25) is 5.91 Å². The maximum Gasteiger partial charge on any atom is 0.338 e. The Labute approximate surface area is 220 Å². The first-order valence-electron chi connectivity index (χ1n) is 11.7. The number of ether oxygens (including phenoxy) is 1. The topological polar surface area (TPSA) is 133 Å². The molecular weight excluding hydrogens is 492 g/mol. The lowest BCUT2D eigenvalue weighted by Crippen LogP contribution is -2.41. The first-order chi connectivity index (χ1) is 17.5. The zero-order valence-corrected chi connectivity index (χ0v) is 22.2. The number of benzene rings is 1. The minimum atomic E-state index is -0.770. The quantitative estimate of drug-likeness (QED) is 0.433. The van der Waals surface area contributed by atoms with Crippen LogP contribution in [0.1, 0.15) is 56.7 Å². The molecule has 1 aliphatic rings. The zero-order valence-electron chi connectivity index (χ0n) is 21.4. The van der Waals surface area contributed by atoms with Gasteiger partial charge < -0.3 is 25.1 Å². The van der Waals surface area contributed by atoms with E-state index < -0.39 is 17.8 Å². The molecule has 1 atom stereocenters. The molecule has 0 bridgehead atoms. The number of esters is 1. The Bertz CT molecular complexity index is 1270. The molecule has 2 aromatic rings. The molecule has 2 amide bonds. The van der Waals surface area contributed by atoms with E-state index in [0.717, 1.165) is 0 Å². The SMILES string of the molecule is CCOC(=O)c1ccc(NC(=O)C2=C(C)NC(SCC(=O)NC(C)(C)C)=C(C#N)[C@H]2c2ccco2)cc1. The van der Waals surface area contributed by atoms with E-state index in [9.17, 15) is 19.6 Å². The van der Waals surface area contributed by atoms with E-state index >= 15 is 0 Å². The Kier molecular flexibility index (Phi) is 8.84. The number of allylic oxidation sites excluding steroid dienone is 2. The first-order valence-corrected chi connectivity index (χ1v) is 12.7. The number of nitriles is 1. The number of hydrogen-bond acceptors (Lipinski definition) is 8. The summed E-state index contributed by atoms with van der Waals surface area (Å²) in [6, 6.07) is 11.9. The van der Waals surface area contributed by atoms with Crippen LogP contribution in [-0.2, 0) is 14.3 Å². The third-order valence-corrected chi connectivity index (χ3v) is 6.25. The van der Waals surface area contributed by atoms with Crippen LogP contribution in [0.4, 0.5) is 5.69 Å². The molecule has 10 heteroatoms. The fourth-order valence-electron chi connectivity index (χ4n) is 3.76. The number of nitrogens with one attached hydrogen (secondary N) is 3. The molecule has 0 fully saturated rings. The lowest BCUT2D eigenvalue weighted by Gasteiger charge is -2.28. The van der Waals surface area contributed by atoms with E-state index in [1.807, 2.05) is 20.8 Å². The van der Waals surface area contributed by atoms with Gasteiger partial charge in [0.05, 0.1) is 52.3 Å². The van der Waals surface area contributed by atoms with Crippen molar-refractivity contribution in [3.05, 3.63) is 75.9 Å². The van der Waals surface area contributed by atoms with Gasteiger partial charge in [0.15, 0.2) is 0 Å². The molecule has 2 heterocycles. The normalized spacial score (nSPS) is 15.5. The second kappa shape index (κ2) is 11.8. The highest BCUT2D eigenvalue weighted by Crippen LogP contribution is 2.41. The summed E-state index contributed by atoms with van der Waals surface area (Å²) in [7, 11) is 0. The third kappa shape index (κ3) is 7.05. The summed E-state index contributed by atoms with van der Waals surface area (Å²) in [4.78, 5) is 37.7. The molecule has 0 unspecified atom stereocenters. The van der Waals surface area contributed by atoms with Gasteiger partial charge in [0.1, 0.15) is 5.76 Å². The van der Waals surface area contributed by atoms with Crippen LogP contribution in [0.2, 0.25) is 0 Å². The van der Waals surface area contributed by atoms with Crippen molar-refractivity contribution in [1.29, 1.82) is 5.26 Å². The lowest BCUT2D eigenvalue weighted by molar-refractivity contribution is -0.120. The van der Waals surface area contributed by atoms with E-state index in [4.69, 9.17) is 9.15 Å². The van der Waals surface area contributed by atoms with Gasteiger partial charge in [-0.1, -0.05) is 11.8 Å². The summed E-state index contributed by atoms with van der Waals surface area (Å²) < 4.78 is 10.6. The summed E-state index contributed by atoms with van der Waals surface area (Å²) in [6.45, 7) is 9.40. The smallest absolute Gasteiger partial charge is 0.338 e. The third-order valence-electron chi connectivity index (χ3n) is 5.24. The van der Waals surface area contributed by atoms with Crippen molar-refractivity contribution < 1.29 is 23.5 Å². The summed E-state index contributed by atoms with van der Waals surface area (Å²) >= 11 is 1.19. The van der Waals surface area contributed by atoms with Crippen molar-refractivity contribution in [2.24, 2.45) is 0 Å². The fraction of sp³-hybridized carbons (Fsp3) is 0.333. The Morgan fingerprint density at radius 2 is 1.89 bits per heavy atom. The second-order valence-electron chi connectivity index (χ2n) is 9.31. The number of carbonyl (C=O) groups excluding carboxylic acids is 3. The Hall–Kier alpha value is -3.97. The number of anilines is 1. The average Bonchev–Trinajstić information content (AvgIpc) is 3.36. The highest BCUT2D eigenvalue weighted by atomic mass is 32.2. The molecule has 1 aliphatic heterocycles. The summed E-state index contributed by atoms with van der Waals surface area (Å²) in [5.41, 5.74) is 1.57. The fourth-order valence-corrected chi connectivity index (χ4v) is 4.65. The van der Waals surface area contributed by atoms with Crippen LogP contribution in [0.3, 0.4) is 0 Å². The second-order valence-corrected chi connectivity index (χ2v) is 10.3. The molecular formula is C27H30N4O5S. The molecule has 3 N–H and O–H groups in total. The molecule has 0 saturated heterocycles. The number of carbonyl (C=O) groups is 3. The minimum absolute atomic E-state index is 0.0945. The van der Waals surface area contributed by atoms with Gasteiger partial charge in [0.25, 0.3) is 5.91 Å². The molecule has 1 aromatic heterocycles. The molecule has 3 rings (SSSR count). The number of thioether (sulfide) groups is 1. The number of rotatable bonds is 8. The van der Waals surface area contributed by atoms with E-state index in [0.29, 0.717) is 33.3 Å². The van der Waals surface area contributed by atoms with Gasteiger partial charge in [-0.05, 0) is 71.0 Å². The predicted octanol–water partition coefficient (Wildman–Crippen LogP) is 4.44. The van der Waals surface area contributed by atoms with E-state index in [1.54, 1.807) is 50.2 Å². The van der Waals surface area contributed by atoms with Gasteiger partial charge >= 0.3 is 5.97 Å². The summed E-state index contributed by atoms with van der Waals surface area (Å²) in [6.07, 6.45) is 1.48. The minimum Gasteiger partial charge on any atom is -0.468 e. The van der Waals surface area contributed by atoms with Crippen molar-refractivity contribution in [1.82, 2.24) is 10.6 Å². The highest BCUT2D eigenvalue weighted by Gasteiger charge is 2.36. The predicted molar refractivity (Wildman–Crippen MR) is 141 cm³/mol. The summed E-state index contributed by atoms with van der Waals surface area (Å²) in [5.74, 6) is -1.30. The lowest BCUT2D eigenvalue weighted by atomic mass is 9.85. The zero-order chi connectivity index (χ0) is 27.2. The first kappa shape index (κ1) is 27.6. The number of furan rings is 1. The molecule has 9 nitrogen and oxygen atoms in total. The standard InChI is InChI=1S/C27H30N4O5S/c1-6-35-26(34)17-9-11-18(12-10-17)30-24(33)22-16(2)29-25(37-15-21(32)31-27(3,4)5)19(14-28)23(22)20-8-7-13-36-20/h7-13,23,29H,6,15H2,1-5H3,(H,30,33)(H,31,32)/t23-/m0/s1. The van der Waals surface area contributed by atoms with Crippen molar-refractivity contribution in [3.63, 3.8) is 0 Å². The van der Waals surface area contributed by atoms with Crippen molar-refractivity contribution >= 4 is 35.2 Å². The average molecular weight is 523 g/mol. The Morgan fingerprint density at radius 3 is 2.46 bits per heavy atom. The van der Waals surface area contributed by atoms with Crippen molar-refractivity contribution in [2.75, 3.05) is 17.7 Å². The maximum absolute atomic E-state index is 13.5. The molecule has 0 spiro atoms. The monoisotopic (exact) mass is 522 g/mol. The van der Waals surface area contributed by atoms with Gasteiger partial charge in [-0.25, -0.2) is 4.79 Å². The largest absolute Gasteiger partial charge is 0.468 e. The molecule has 37 heavy (non-hydrogen) atoms. The van der Waals surface area contributed by atoms with Crippen LogP contribution in [0.5, 0.6) is 0 Å². The number of amides is 2. The van der Waals surface area contributed by atoms with Crippen LogP contribution < -0.4 is 16.0 Å². The van der Waals surface area contributed by atoms with Gasteiger partial charge in [0, 0.05) is 16.9 Å². The Morgan fingerprint density at radius 1 is 1.19 bits per heavy atom. The molecule has 0 radical (unpaired) electrons. The maximum atomic E-state index is 13.5. The molecule has 0 saturated carbocycles. The highest BCUT2D eigenvalue weighted by molar-refractivity contribution is 8.03. The van der Waals surface area contributed by atoms with Gasteiger partial charge in [-0.2, -0.15) is 5.26 Å².